The number of rotatable bonds is 5. The summed E-state index contributed by atoms with van der Waals surface area (Å²) in [6.07, 6.45) is 0.184. The van der Waals surface area contributed by atoms with Crippen LogP contribution in [-0.4, -0.2) is 17.8 Å². The summed E-state index contributed by atoms with van der Waals surface area (Å²) in [5, 5.41) is 12.0. The van der Waals surface area contributed by atoms with E-state index in [9.17, 15) is 9.90 Å². The second-order valence-electron chi connectivity index (χ2n) is 3.45. The van der Waals surface area contributed by atoms with Crippen molar-refractivity contribution in [3.63, 3.8) is 0 Å². The molecule has 4 nitrogen and oxygen atoms in total. The summed E-state index contributed by atoms with van der Waals surface area (Å²) in [5.41, 5.74) is 0.634. The van der Waals surface area contributed by atoms with Crippen molar-refractivity contribution in [3.8, 4) is 0 Å². The Hall–Kier alpha value is -1.55. The molecule has 0 spiro atoms. The van der Waals surface area contributed by atoms with E-state index in [0.717, 1.165) is 12.8 Å². The number of carbonyl (C=O) groups is 1. The lowest BCUT2D eigenvalue weighted by Gasteiger charge is -2.12. The number of ether oxygens (including phenoxy) is 1. The third-order valence-electron chi connectivity index (χ3n) is 2.10. The SMILES string of the molecule is CCCCOC(=O)NC(O)c1ccccc1. The van der Waals surface area contributed by atoms with Crippen molar-refractivity contribution in [3.05, 3.63) is 35.9 Å². The van der Waals surface area contributed by atoms with Crippen molar-refractivity contribution in [2.45, 2.75) is 26.0 Å². The van der Waals surface area contributed by atoms with E-state index in [1.165, 1.54) is 0 Å². The molecule has 1 aromatic rings. The lowest BCUT2D eigenvalue weighted by Crippen LogP contribution is -2.29. The van der Waals surface area contributed by atoms with Crippen molar-refractivity contribution in [1.29, 1.82) is 0 Å². The minimum Gasteiger partial charge on any atom is -0.450 e. The Balaban J connectivity index is 2.34. The summed E-state index contributed by atoms with van der Waals surface area (Å²) in [6.45, 7) is 2.39. The van der Waals surface area contributed by atoms with E-state index in [1.807, 2.05) is 13.0 Å². The van der Waals surface area contributed by atoms with Gasteiger partial charge in [0.2, 0.25) is 0 Å². The molecule has 4 heteroatoms. The molecule has 0 heterocycles. The molecular formula is C12H17NO3. The molecule has 1 aromatic carbocycles. The van der Waals surface area contributed by atoms with Crippen molar-refractivity contribution in [2.75, 3.05) is 6.61 Å². The second-order valence-corrected chi connectivity index (χ2v) is 3.45. The topological polar surface area (TPSA) is 58.6 Å². The molecule has 0 saturated heterocycles. The molecule has 1 atom stereocenters. The summed E-state index contributed by atoms with van der Waals surface area (Å²) >= 11 is 0. The molecule has 1 unspecified atom stereocenters. The average Bonchev–Trinajstić information content (AvgIpc) is 2.30. The summed E-state index contributed by atoms with van der Waals surface area (Å²) in [4.78, 5) is 11.2. The fourth-order valence-electron chi connectivity index (χ4n) is 1.18. The summed E-state index contributed by atoms with van der Waals surface area (Å²) in [5.74, 6) is 0. The Labute approximate surface area is 95.2 Å². The average molecular weight is 223 g/mol. The largest absolute Gasteiger partial charge is 0.450 e. The maximum atomic E-state index is 11.2. The van der Waals surface area contributed by atoms with Gasteiger partial charge in [-0.15, -0.1) is 0 Å². The van der Waals surface area contributed by atoms with Crippen LogP contribution in [0.4, 0.5) is 4.79 Å². The summed E-state index contributed by atoms with van der Waals surface area (Å²) in [7, 11) is 0. The lowest BCUT2D eigenvalue weighted by atomic mass is 10.2. The first-order valence-electron chi connectivity index (χ1n) is 5.40. The van der Waals surface area contributed by atoms with Gasteiger partial charge in [-0.2, -0.15) is 0 Å². The zero-order valence-electron chi connectivity index (χ0n) is 9.35. The standard InChI is InChI=1S/C12H17NO3/c1-2-3-9-16-12(15)13-11(14)10-7-5-4-6-8-10/h4-8,11,14H,2-3,9H2,1H3,(H,13,15). The number of hydrogen-bond acceptors (Lipinski definition) is 3. The number of carbonyl (C=O) groups excluding carboxylic acids is 1. The number of hydrogen-bond donors (Lipinski definition) is 2. The van der Waals surface area contributed by atoms with Crippen molar-refractivity contribution >= 4 is 6.09 Å². The molecular weight excluding hydrogens is 206 g/mol. The van der Waals surface area contributed by atoms with Crippen LogP contribution < -0.4 is 5.32 Å². The quantitative estimate of drug-likeness (QED) is 0.594. The number of benzene rings is 1. The molecule has 88 valence electrons. The molecule has 0 bridgehead atoms. The van der Waals surface area contributed by atoms with Crippen LogP contribution in [0.2, 0.25) is 0 Å². The fourth-order valence-corrected chi connectivity index (χ4v) is 1.18. The van der Waals surface area contributed by atoms with Crippen LogP contribution in [0.3, 0.4) is 0 Å². The Morgan fingerprint density at radius 2 is 2.12 bits per heavy atom. The maximum Gasteiger partial charge on any atom is 0.409 e. The van der Waals surface area contributed by atoms with E-state index in [4.69, 9.17) is 4.74 Å². The van der Waals surface area contributed by atoms with E-state index >= 15 is 0 Å². The lowest BCUT2D eigenvalue weighted by molar-refractivity contribution is 0.0981. The zero-order valence-corrected chi connectivity index (χ0v) is 9.35. The van der Waals surface area contributed by atoms with Gasteiger partial charge in [-0.25, -0.2) is 4.79 Å². The van der Waals surface area contributed by atoms with Crippen LogP contribution >= 0.6 is 0 Å². The van der Waals surface area contributed by atoms with Gasteiger partial charge in [0, 0.05) is 5.56 Å². The van der Waals surface area contributed by atoms with Crippen LogP contribution in [0, 0.1) is 0 Å². The zero-order chi connectivity index (χ0) is 11.8. The molecule has 0 saturated carbocycles. The van der Waals surface area contributed by atoms with Gasteiger partial charge in [-0.05, 0) is 6.42 Å². The molecule has 0 aliphatic rings. The first kappa shape index (κ1) is 12.5. The fraction of sp³-hybridized carbons (Fsp3) is 0.417. The first-order chi connectivity index (χ1) is 7.74. The molecule has 0 aliphatic carbocycles. The van der Waals surface area contributed by atoms with Crippen LogP contribution in [0.1, 0.15) is 31.6 Å². The van der Waals surface area contributed by atoms with Crippen LogP contribution in [0.5, 0.6) is 0 Å². The van der Waals surface area contributed by atoms with Gasteiger partial charge in [-0.3, -0.25) is 5.32 Å². The van der Waals surface area contributed by atoms with E-state index in [-0.39, 0.29) is 0 Å². The van der Waals surface area contributed by atoms with Crippen molar-refractivity contribution in [1.82, 2.24) is 5.32 Å². The van der Waals surface area contributed by atoms with Gasteiger partial charge in [-0.1, -0.05) is 43.7 Å². The molecule has 0 aliphatic heterocycles. The number of nitrogens with one attached hydrogen (secondary N) is 1. The minimum atomic E-state index is -1.02. The predicted octanol–water partition coefficient (Wildman–Crippen LogP) is 2.20. The van der Waals surface area contributed by atoms with Gasteiger partial charge < -0.3 is 9.84 Å². The number of unbranched alkanes of at least 4 members (excludes halogenated alkanes) is 1. The smallest absolute Gasteiger partial charge is 0.409 e. The van der Waals surface area contributed by atoms with Crippen LogP contribution in [-0.2, 0) is 4.74 Å². The van der Waals surface area contributed by atoms with Crippen molar-refractivity contribution < 1.29 is 14.6 Å². The van der Waals surface area contributed by atoms with E-state index < -0.39 is 12.3 Å². The van der Waals surface area contributed by atoms with Crippen LogP contribution in [0.25, 0.3) is 0 Å². The maximum absolute atomic E-state index is 11.2. The second kappa shape index (κ2) is 6.85. The highest BCUT2D eigenvalue weighted by molar-refractivity contribution is 5.67. The molecule has 1 amide bonds. The van der Waals surface area contributed by atoms with Crippen molar-refractivity contribution in [2.24, 2.45) is 0 Å². The predicted molar refractivity (Wildman–Crippen MR) is 60.8 cm³/mol. The number of amides is 1. The monoisotopic (exact) mass is 223 g/mol. The number of aliphatic hydroxyl groups is 1. The van der Waals surface area contributed by atoms with Gasteiger partial charge >= 0.3 is 6.09 Å². The third kappa shape index (κ3) is 4.31. The Morgan fingerprint density at radius 3 is 2.75 bits per heavy atom. The van der Waals surface area contributed by atoms with Crippen LogP contribution in [0.15, 0.2) is 30.3 Å². The summed E-state index contributed by atoms with van der Waals surface area (Å²) < 4.78 is 4.86. The normalized spacial score (nSPS) is 11.9. The Bertz CT molecular complexity index is 313. The van der Waals surface area contributed by atoms with Gasteiger partial charge in [0.05, 0.1) is 6.61 Å². The van der Waals surface area contributed by atoms with Gasteiger partial charge in [0.25, 0.3) is 0 Å². The molecule has 2 N–H and O–H groups in total. The van der Waals surface area contributed by atoms with E-state index in [2.05, 4.69) is 5.32 Å². The van der Waals surface area contributed by atoms with Gasteiger partial charge in [0.1, 0.15) is 0 Å². The molecule has 0 radical (unpaired) electrons. The molecule has 1 rings (SSSR count). The first-order valence-corrected chi connectivity index (χ1v) is 5.40. The third-order valence-corrected chi connectivity index (χ3v) is 2.10. The number of alkyl carbamates (subject to hydrolysis) is 1. The minimum absolute atomic E-state index is 0.379. The molecule has 0 aromatic heterocycles. The number of aliphatic hydroxyl groups excluding tert-OH is 1. The van der Waals surface area contributed by atoms with E-state index in [1.54, 1.807) is 24.3 Å². The Morgan fingerprint density at radius 1 is 1.44 bits per heavy atom. The Kier molecular flexibility index (Phi) is 5.36. The molecule has 16 heavy (non-hydrogen) atoms. The summed E-state index contributed by atoms with van der Waals surface area (Å²) in [6, 6.07) is 8.90. The highest BCUT2D eigenvalue weighted by atomic mass is 16.5. The highest BCUT2D eigenvalue weighted by Crippen LogP contribution is 2.08. The van der Waals surface area contributed by atoms with Gasteiger partial charge in [0.15, 0.2) is 6.23 Å². The molecule has 0 fully saturated rings. The van der Waals surface area contributed by atoms with E-state index in [0.29, 0.717) is 12.2 Å². The highest BCUT2D eigenvalue weighted by Gasteiger charge is 2.10.